The van der Waals surface area contributed by atoms with Crippen molar-refractivity contribution < 1.29 is 9.59 Å². The van der Waals surface area contributed by atoms with Gasteiger partial charge in [0.25, 0.3) is 5.91 Å². The Kier molecular flexibility index (Phi) is 10.3. The minimum atomic E-state index is -0.658. The molecule has 0 spiro atoms. The summed E-state index contributed by atoms with van der Waals surface area (Å²) in [5.41, 5.74) is 3.80. The molecule has 0 aliphatic heterocycles. The molecule has 43 heavy (non-hydrogen) atoms. The molecule has 0 bridgehead atoms. The minimum Gasteiger partial charge on any atom is -0.353 e. The van der Waals surface area contributed by atoms with E-state index in [0.29, 0.717) is 31.6 Å². The van der Waals surface area contributed by atoms with E-state index in [9.17, 15) is 9.59 Å². The van der Waals surface area contributed by atoms with Gasteiger partial charge in [0.2, 0.25) is 5.91 Å². The molecule has 9 heteroatoms. The average molecular weight is 578 g/mol. The second-order valence-corrected chi connectivity index (χ2v) is 10.6. The van der Waals surface area contributed by atoms with Crippen molar-refractivity contribution in [3.63, 3.8) is 0 Å². The Labute approximate surface area is 252 Å². The Balaban J connectivity index is 1.18. The molecule has 0 aliphatic rings. The van der Waals surface area contributed by atoms with Crippen molar-refractivity contribution in [2.75, 3.05) is 6.54 Å². The standard InChI is InChI=1S/C34H39N7O2/c1-41-20-6-10-29(41)23-35-17-5-12-31(34(43)39-22-28-9-4-8-26-7-2-3-11-30(26)28)40-33(42)27-15-13-25(14-16-27)21-36-24-32-37-18-19-38-32/h2-4,6-11,13-16,18-20,31,35-36H,5,12,17,21-24H2,1H3,(H,37,38)(H,39,43)(H,40,42)/t31-/m0/s1. The van der Waals surface area contributed by atoms with Crippen LogP contribution in [0.1, 0.15) is 45.8 Å². The van der Waals surface area contributed by atoms with Gasteiger partial charge in [0, 0.05) is 56.5 Å². The number of aromatic nitrogens is 3. The van der Waals surface area contributed by atoms with Crippen molar-refractivity contribution in [3.8, 4) is 0 Å². The molecule has 2 aromatic heterocycles. The van der Waals surface area contributed by atoms with Gasteiger partial charge in [-0.25, -0.2) is 4.98 Å². The SMILES string of the molecule is Cn1cccc1CNCCC[C@H](NC(=O)c1ccc(CNCc2ncc[nH]2)cc1)C(=O)NCc1cccc2ccccc12. The second kappa shape index (κ2) is 14.9. The number of aryl methyl sites for hydroxylation is 1. The Hall–Kier alpha value is -4.73. The number of hydrogen-bond acceptors (Lipinski definition) is 5. The number of rotatable bonds is 15. The van der Waals surface area contributed by atoms with Gasteiger partial charge in [-0.05, 0) is 65.6 Å². The third-order valence-electron chi connectivity index (χ3n) is 7.55. The number of amides is 2. The van der Waals surface area contributed by atoms with Crippen LogP contribution >= 0.6 is 0 Å². The third kappa shape index (κ3) is 8.41. The number of nitrogens with zero attached hydrogens (tertiary/aromatic N) is 2. The van der Waals surface area contributed by atoms with Crippen LogP contribution in [0.4, 0.5) is 0 Å². The van der Waals surface area contributed by atoms with Crippen LogP contribution < -0.4 is 21.3 Å². The fourth-order valence-electron chi connectivity index (χ4n) is 5.08. The number of imidazole rings is 1. The first-order valence-corrected chi connectivity index (χ1v) is 14.7. The number of benzene rings is 3. The lowest BCUT2D eigenvalue weighted by Gasteiger charge is -2.19. The summed E-state index contributed by atoms with van der Waals surface area (Å²) in [5.74, 6) is 0.413. The number of nitrogens with one attached hydrogen (secondary N) is 5. The molecule has 0 aliphatic carbocycles. The smallest absolute Gasteiger partial charge is 0.251 e. The van der Waals surface area contributed by atoms with Gasteiger partial charge in [-0.2, -0.15) is 0 Å². The van der Waals surface area contributed by atoms with Crippen LogP contribution in [0.5, 0.6) is 0 Å². The van der Waals surface area contributed by atoms with Crippen LogP contribution in [0.15, 0.2) is 97.5 Å². The highest BCUT2D eigenvalue weighted by atomic mass is 16.2. The Morgan fingerprint density at radius 2 is 1.72 bits per heavy atom. The molecule has 5 N–H and O–H groups in total. The van der Waals surface area contributed by atoms with Crippen molar-refractivity contribution in [1.82, 2.24) is 35.8 Å². The van der Waals surface area contributed by atoms with E-state index in [1.54, 1.807) is 24.5 Å². The molecule has 9 nitrogen and oxygen atoms in total. The summed E-state index contributed by atoms with van der Waals surface area (Å²) in [5, 5.41) is 15.1. The lowest BCUT2D eigenvalue weighted by atomic mass is 10.0. The van der Waals surface area contributed by atoms with Gasteiger partial charge in [-0.3, -0.25) is 9.59 Å². The topological polar surface area (TPSA) is 116 Å². The van der Waals surface area contributed by atoms with Gasteiger partial charge in [0.1, 0.15) is 11.9 Å². The average Bonchev–Trinajstić information content (AvgIpc) is 3.71. The van der Waals surface area contributed by atoms with Crippen LogP contribution in [0.2, 0.25) is 0 Å². The van der Waals surface area contributed by atoms with E-state index in [4.69, 9.17) is 0 Å². The molecular formula is C34H39N7O2. The summed E-state index contributed by atoms with van der Waals surface area (Å²) in [6.07, 6.45) is 6.79. The maximum Gasteiger partial charge on any atom is 0.251 e. The largest absolute Gasteiger partial charge is 0.353 e. The Morgan fingerprint density at radius 3 is 2.51 bits per heavy atom. The van der Waals surface area contributed by atoms with E-state index in [1.165, 1.54) is 5.69 Å². The summed E-state index contributed by atoms with van der Waals surface area (Å²) in [4.78, 5) is 33.9. The van der Waals surface area contributed by atoms with E-state index in [1.807, 2.05) is 55.7 Å². The van der Waals surface area contributed by atoms with Crippen LogP contribution in [-0.2, 0) is 38.0 Å². The van der Waals surface area contributed by atoms with E-state index in [2.05, 4.69) is 60.1 Å². The predicted molar refractivity (Wildman–Crippen MR) is 169 cm³/mol. The van der Waals surface area contributed by atoms with Gasteiger partial charge < -0.3 is 30.8 Å². The molecule has 1 atom stereocenters. The summed E-state index contributed by atoms with van der Waals surface area (Å²) < 4.78 is 2.08. The van der Waals surface area contributed by atoms with Gasteiger partial charge in [-0.15, -0.1) is 0 Å². The molecule has 0 unspecified atom stereocenters. The van der Waals surface area contributed by atoms with Crippen LogP contribution in [0.25, 0.3) is 10.8 Å². The Morgan fingerprint density at radius 1 is 0.884 bits per heavy atom. The molecule has 3 aromatic carbocycles. The minimum absolute atomic E-state index is 0.192. The zero-order chi connectivity index (χ0) is 29.9. The molecule has 0 saturated heterocycles. The molecule has 5 aromatic rings. The molecule has 0 radical (unpaired) electrons. The van der Waals surface area contributed by atoms with Gasteiger partial charge in [0.15, 0.2) is 0 Å². The van der Waals surface area contributed by atoms with E-state index in [-0.39, 0.29) is 11.8 Å². The van der Waals surface area contributed by atoms with Crippen molar-refractivity contribution in [3.05, 3.63) is 126 Å². The number of hydrogen-bond donors (Lipinski definition) is 5. The second-order valence-electron chi connectivity index (χ2n) is 10.6. The Bertz CT molecular complexity index is 1600. The molecule has 2 heterocycles. The highest BCUT2D eigenvalue weighted by Crippen LogP contribution is 2.18. The lowest BCUT2D eigenvalue weighted by molar-refractivity contribution is -0.123. The lowest BCUT2D eigenvalue weighted by Crippen LogP contribution is -2.46. The van der Waals surface area contributed by atoms with Gasteiger partial charge >= 0.3 is 0 Å². The highest BCUT2D eigenvalue weighted by molar-refractivity contribution is 5.97. The number of fused-ring (bicyclic) bond motifs is 1. The number of carbonyl (C=O) groups is 2. The van der Waals surface area contributed by atoms with Crippen LogP contribution in [-0.4, -0.2) is 38.9 Å². The number of aromatic amines is 1. The summed E-state index contributed by atoms with van der Waals surface area (Å²) in [6, 6.07) is 25.1. The molecule has 5 rings (SSSR count). The van der Waals surface area contributed by atoms with E-state index < -0.39 is 6.04 Å². The van der Waals surface area contributed by atoms with Crippen molar-refractivity contribution >= 4 is 22.6 Å². The van der Waals surface area contributed by atoms with Crippen LogP contribution in [0.3, 0.4) is 0 Å². The first-order chi connectivity index (χ1) is 21.1. The van der Waals surface area contributed by atoms with E-state index in [0.717, 1.165) is 47.2 Å². The van der Waals surface area contributed by atoms with Crippen molar-refractivity contribution in [2.24, 2.45) is 7.05 Å². The summed E-state index contributed by atoms with van der Waals surface area (Å²) >= 11 is 0. The first-order valence-electron chi connectivity index (χ1n) is 14.7. The number of carbonyl (C=O) groups excluding carboxylic acids is 2. The monoisotopic (exact) mass is 577 g/mol. The van der Waals surface area contributed by atoms with Gasteiger partial charge in [-0.1, -0.05) is 54.6 Å². The van der Waals surface area contributed by atoms with Crippen molar-refractivity contribution in [2.45, 2.75) is 45.1 Å². The highest BCUT2D eigenvalue weighted by Gasteiger charge is 2.21. The fourth-order valence-corrected chi connectivity index (χ4v) is 5.08. The summed E-state index contributed by atoms with van der Waals surface area (Å²) in [7, 11) is 2.02. The summed E-state index contributed by atoms with van der Waals surface area (Å²) in [6.45, 7) is 3.14. The molecule has 2 amide bonds. The maximum absolute atomic E-state index is 13.4. The molecular weight excluding hydrogens is 538 g/mol. The van der Waals surface area contributed by atoms with Crippen molar-refractivity contribution in [1.29, 1.82) is 0 Å². The normalized spacial score (nSPS) is 11.8. The zero-order valence-electron chi connectivity index (χ0n) is 24.5. The quantitative estimate of drug-likeness (QED) is 0.120. The predicted octanol–water partition coefficient (Wildman–Crippen LogP) is 4.18. The van der Waals surface area contributed by atoms with E-state index >= 15 is 0 Å². The van der Waals surface area contributed by atoms with Gasteiger partial charge in [0.05, 0.1) is 6.54 Å². The number of H-pyrrole nitrogens is 1. The maximum atomic E-state index is 13.4. The fraction of sp³-hybridized carbons (Fsp3) is 0.265. The molecule has 0 fully saturated rings. The molecule has 222 valence electrons. The zero-order valence-corrected chi connectivity index (χ0v) is 24.5. The molecule has 0 saturated carbocycles. The third-order valence-corrected chi connectivity index (χ3v) is 7.55. The first kappa shape index (κ1) is 29.8. The van der Waals surface area contributed by atoms with Crippen LogP contribution in [0, 0.1) is 0 Å².